The molecule has 3 heterocycles. The fraction of sp³-hybridized carbons (Fsp3) is 0.231. The maximum absolute atomic E-state index is 13.8. The van der Waals surface area contributed by atoms with E-state index in [-0.39, 0.29) is 37.1 Å². The van der Waals surface area contributed by atoms with Crippen molar-refractivity contribution in [2.24, 2.45) is 5.92 Å². The molecule has 1 aliphatic heterocycles. The van der Waals surface area contributed by atoms with Crippen LogP contribution in [0.2, 0.25) is 0 Å². The van der Waals surface area contributed by atoms with Gasteiger partial charge in [-0.3, -0.25) is 19.5 Å². The molecule has 35 heavy (non-hydrogen) atoms. The van der Waals surface area contributed by atoms with Crippen molar-refractivity contribution in [2.45, 2.75) is 19.9 Å². The number of aryl methyl sites for hydroxylation is 1. The van der Waals surface area contributed by atoms with Crippen LogP contribution in [0, 0.1) is 18.7 Å². The largest absolute Gasteiger partial charge is 0.494 e. The number of pyridine rings is 1. The Morgan fingerprint density at radius 2 is 2.03 bits per heavy atom. The van der Waals surface area contributed by atoms with E-state index in [0.717, 1.165) is 15.8 Å². The molecule has 178 valence electrons. The predicted octanol–water partition coefficient (Wildman–Crippen LogP) is 4.73. The summed E-state index contributed by atoms with van der Waals surface area (Å²) in [5.74, 6) is -0.655. The first-order valence-electron chi connectivity index (χ1n) is 11.1. The second kappa shape index (κ2) is 9.42. The fourth-order valence-corrected chi connectivity index (χ4v) is 5.31. The molecule has 0 N–H and O–H groups in total. The number of methoxy groups -OCH3 is 1. The van der Waals surface area contributed by atoms with E-state index in [1.165, 1.54) is 28.4 Å². The summed E-state index contributed by atoms with van der Waals surface area (Å²) in [5.41, 5.74) is 3.16. The lowest BCUT2D eigenvalue weighted by Crippen LogP contribution is -2.37. The van der Waals surface area contributed by atoms with Crippen LogP contribution in [0.25, 0.3) is 10.2 Å². The molecule has 2 amide bonds. The van der Waals surface area contributed by atoms with Gasteiger partial charge in [-0.2, -0.15) is 0 Å². The van der Waals surface area contributed by atoms with Crippen molar-refractivity contribution >= 4 is 44.2 Å². The topological polar surface area (TPSA) is 75.6 Å². The highest BCUT2D eigenvalue weighted by atomic mass is 32.1. The number of nitrogens with zero attached hydrogens (tertiary/aromatic N) is 4. The molecule has 1 unspecified atom stereocenters. The molecule has 7 nitrogen and oxygen atoms in total. The van der Waals surface area contributed by atoms with Gasteiger partial charge in [0.05, 0.1) is 24.3 Å². The minimum Gasteiger partial charge on any atom is -0.494 e. The molecule has 0 radical (unpaired) electrons. The number of rotatable bonds is 6. The molecule has 0 aliphatic carbocycles. The van der Waals surface area contributed by atoms with E-state index in [4.69, 9.17) is 9.72 Å². The van der Waals surface area contributed by atoms with Gasteiger partial charge in [-0.05, 0) is 54.4 Å². The van der Waals surface area contributed by atoms with Crippen molar-refractivity contribution in [1.82, 2.24) is 9.97 Å². The van der Waals surface area contributed by atoms with Gasteiger partial charge in [0.1, 0.15) is 17.1 Å². The Labute approximate surface area is 205 Å². The molecule has 0 saturated carbocycles. The first-order valence-corrected chi connectivity index (χ1v) is 12.0. The second-order valence-corrected chi connectivity index (χ2v) is 9.40. The molecule has 0 bridgehead atoms. The summed E-state index contributed by atoms with van der Waals surface area (Å²) in [4.78, 5) is 38.7. The average molecular weight is 491 g/mol. The van der Waals surface area contributed by atoms with E-state index < -0.39 is 5.92 Å². The molecular formula is C26H23FN4O3S. The van der Waals surface area contributed by atoms with Gasteiger partial charge in [-0.25, -0.2) is 9.37 Å². The van der Waals surface area contributed by atoms with Crippen LogP contribution < -0.4 is 14.5 Å². The highest BCUT2D eigenvalue weighted by molar-refractivity contribution is 7.22. The third-order valence-corrected chi connectivity index (χ3v) is 7.30. The fourth-order valence-electron chi connectivity index (χ4n) is 4.26. The number of fused-ring (bicyclic) bond motifs is 1. The van der Waals surface area contributed by atoms with Gasteiger partial charge in [0.2, 0.25) is 11.8 Å². The van der Waals surface area contributed by atoms with Crippen LogP contribution in [-0.2, 0) is 16.1 Å². The van der Waals surface area contributed by atoms with Crippen LogP contribution >= 0.6 is 11.3 Å². The molecule has 2 aromatic carbocycles. The molecule has 2 aromatic heterocycles. The van der Waals surface area contributed by atoms with E-state index in [1.54, 1.807) is 36.5 Å². The standard InChI is InChI=1S/C26H23FN4O3S/c1-16-5-10-21(34-2)23-24(16)35-26(29-23)31(14-17-4-3-11-28-13-17)25(33)18-12-22(32)30(15-18)20-8-6-19(27)7-9-20/h3-11,13,18H,12,14-15H2,1-2H3. The molecule has 4 aromatic rings. The number of benzene rings is 2. The van der Waals surface area contributed by atoms with E-state index in [1.807, 2.05) is 31.2 Å². The van der Waals surface area contributed by atoms with Crippen LogP contribution in [0.15, 0.2) is 60.9 Å². The highest BCUT2D eigenvalue weighted by Gasteiger charge is 2.38. The molecule has 9 heteroatoms. The van der Waals surface area contributed by atoms with Gasteiger partial charge in [-0.15, -0.1) is 0 Å². The number of hydrogen-bond acceptors (Lipinski definition) is 6. The molecule has 1 fully saturated rings. The Balaban J connectivity index is 1.50. The number of ether oxygens (including phenoxy) is 1. The van der Waals surface area contributed by atoms with Crippen LogP contribution in [0.3, 0.4) is 0 Å². The van der Waals surface area contributed by atoms with Crippen LogP contribution in [-0.4, -0.2) is 35.4 Å². The zero-order valence-electron chi connectivity index (χ0n) is 19.3. The van der Waals surface area contributed by atoms with Crippen molar-refractivity contribution in [3.63, 3.8) is 0 Å². The number of anilines is 2. The van der Waals surface area contributed by atoms with Crippen molar-refractivity contribution < 1.29 is 18.7 Å². The Morgan fingerprint density at radius 3 is 2.74 bits per heavy atom. The lowest BCUT2D eigenvalue weighted by Gasteiger charge is -2.23. The van der Waals surface area contributed by atoms with Gasteiger partial charge in [0, 0.05) is 31.0 Å². The Kier molecular flexibility index (Phi) is 6.17. The molecule has 5 rings (SSSR count). The summed E-state index contributed by atoms with van der Waals surface area (Å²) in [6, 6.07) is 13.3. The van der Waals surface area contributed by atoms with E-state index in [0.29, 0.717) is 22.1 Å². The number of thiazole rings is 1. The minimum atomic E-state index is -0.556. The average Bonchev–Trinajstić information content (AvgIpc) is 3.48. The van der Waals surface area contributed by atoms with E-state index in [2.05, 4.69) is 4.98 Å². The zero-order valence-corrected chi connectivity index (χ0v) is 20.1. The number of carbonyl (C=O) groups is 2. The maximum atomic E-state index is 13.8. The third-order valence-electron chi connectivity index (χ3n) is 6.09. The number of halogens is 1. The molecular weight excluding hydrogens is 467 g/mol. The Bertz CT molecular complexity index is 1390. The summed E-state index contributed by atoms with van der Waals surface area (Å²) >= 11 is 1.42. The highest BCUT2D eigenvalue weighted by Crippen LogP contribution is 2.38. The van der Waals surface area contributed by atoms with E-state index >= 15 is 0 Å². The van der Waals surface area contributed by atoms with Gasteiger partial charge in [0.25, 0.3) is 0 Å². The van der Waals surface area contributed by atoms with Crippen molar-refractivity contribution in [2.75, 3.05) is 23.5 Å². The molecule has 0 spiro atoms. The summed E-state index contributed by atoms with van der Waals surface area (Å²) < 4.78 is 19.8. The summed E-state index contributed by atoms with van der Waals surface area (Å²) in [6.45, 7) is 2.49. The van der Waals surface area contributed by atoms with E-state index in [9.17, 15) is 14.0 Å². The number of aromatic nitrogens is 2. The zero-order chi connectivity index (χ0) is 24.5. The first-order chi connectivity index (χ1) is 16.9. The number of amides is 2. The lowest BCUT2D eigenvalue weighted by molar-refractivity contribution is -0.124. The first kappa shape index (κ1) is 22.9. The molecule has 1 aliphatic rings. The van der Waals surface area contributed by atoms with Gasteiger partial charge >= 0.3 is 0 Å². The van der Waals surface area contributed by atoms with Crippen LogP contribution in [0.4, 0.5) is 15.2 Å². The van der Waals surface area contributed by atoms with Crippen LogP contribution in [0.5, 0.6) is 5.75 Å². The summed E-state index contributed by atoms with van der Waals surface area (Å²) in [5, 5.41) is 0.536. The number of hydrogen-bond donors (Lipinski definition) is 0. The number of carbonyl (C=O) groups excluding carboxylic acids is 2. The van der Waals surface area contributed by atoms with Gasteiger partial charge < -0.3 is 9.64 Å². The van der Waals surface area contributed by atoms with Crippen molar-refractivity contribution in [1.29, 1.82) is 0 Å². The smallest absolute Gasteiger partial charge is 0.234 e. The lowest BCUT2D eigenvalue weighted by atomic mass is 10.1. The maximum Gasteiger partial charge on any atom is 0.234 e. The summed E-state index contributed by atoms with van der Waals surface area (Å²) in [7, 11) is 1.59. The van der Waals surface area contributed by atoms with Crippen LogP contribution in [0.1, 0.15) is 17.5 Å². The normalized spacial score (nSPS) is 15.6. The van der Waals surface area contributed by atoms with Crippen molar-refractivity contribution in [3.8, 4) is 5.75 Å². The van der Waals surface area contributed by atoms with Gasteiger partial charge in [0.15, 0.2) is 5.13 Å². The SMILES string of the molecule is COc1ccc(C)c2sc(N(Cc3cccnc3)C(=O)C3CC(=O)N(c4ccc(F)cc4)C3)nc12. The summed E-state index contributed by atoms with van der Waals surface area (Å²) in [6.07, 6.45) is 3.47. The Morgan fingerprint density at radius 1 is 1.23 bits per heavy atom. The molecule has 1 atom stereocenters. The molecule has 1 saturated heterocycles. The Hall–Kier alpha value is -3.85. The second-order valence-electron chi connectivity index (χ2n) is 8.43. The monoisotopic (exact) mass is 490 g/mol. The predicted molar refractivity (Wildman–Crippen MR) is 133 cm³/mol. The quantitative estimate of drug-likeness (QED) is 0.391. The van der Waals surface area contributed by atoms with Gasteiger partial charge in [-0.1, -0.05) is 23.5 Å². The van der Waals surface area contributed by atoms with Crippen molar-refractivity contribution in [3.05, 3.63) is 77.9 Å². The third kappa shape index (κ3) is 4.46. The minimum absolute atomic E-state index is 0.0764.